The maximum Gasteiger partial charge on any atom is 0.482 e. The average molecular weight is 291 g/mol. The van der Waals surface area contributed by atoms with Gasteiger partial charge in [0.2, 0.25) is 0 Å². The van der Waals surface area contributed by atoms with Crippen LogP contribution in [0.1, 0.15) is 13.8 Å². The van der Waals surface area contributed by atoms with Crippen molar-refractivity contribution in [2.45, 2.75) is 20.0 Å². The number of amides is 1. The van der Waals surface area contributed by atoms with E-state index in [0.29, 0.717) is 6.07 Å². The first-order valence-corrected chi connectivity index (χ1v) is 5.93. The lowest BCUT2D eigenvalue weighted by Gasteiger charge is -2.25. The molecular weight excluding hydrogens is 275 g/mol. The van der Waals surface area contributed by atoms with Crippen molar-refractivity contribution in [2.24, 2.45) is 0 Å². The van der Waals surface area contributed by atoms with Crippen LogP contribution in [0.25, 0.3) is 0 Å². The van der Waals surface area contributed by atoms with Gasteiger partial charge < -0.3 is 21.1 Å². The lowest BCUT2D eigenvalue weighted by Crippen LogP contribution is -2.47. The molecule has 1 amide bonds. The molecule has 1 rings (SSSR count). The highest BCUT2D eigenvalue weighted by molar-refractivity contribution is 5.82. The molecule has 0 aliphatic carbocycles. The number of alkyl halides is 2. The topological polar surface area (TPSA) is 81.6 Å². The first-order valence-electron chi connectivity index (χ1n) is 5.93. The van der Waals surface area contributed by atoms with Crippen LogP contribution >= 0.6 is 0 Å². The standard InChI is InChI=1S/C12H16F3N3O2/c1-3-18(4-2)11(19)12(14,15)20-10-5-7(13)8(16)6-9(10)17/h5-6H,3-4,16-17H2,1-2H3. The van der Waals surface area contributed by atoms with Gasteiger partial charge in [-0.15, -0.1) is 0 Å². The van der Waals surface area contributed by atoms with E-state index in [1.807, 2.05) is 0 Å². The van der Waals surface area contributed by atoms with Crippen LogP contribution in [0.3, 0.4) is 0 Å². The third-order valence-corrected chi connectivity index (χ3v) is 2.67. The summed E-state index contributed by atoms with van der Waals surface area (Å²) < 4.78 is 44.9. The molecule has 0 heterocycles. The fraction of sp³-hybridized carbons (Fsp3) is 0.417. The highest BCUT2D eigenvalue weighted by Gasteiger charge is 2.45. The minimum Gasteiger partial charge on any atom is -0.423 e. The molecule has 0 aromatic heterocycles. The molecular formula is C12H16F3N3O2. The maximum absolute atomic E-state index is 13.7. The molecule has 5 nitrogen and oxygen atoms in total. The van der Waals surface area contributed by atoms with E-state index < -0.39 is 23.6 Å². The van der Waals surface area contributed by atoms with Crippen LogP contribution in [-0.4, -0.2) is 30.0 Å². The van der Waals surface area contributed by atoms with Crippen LogP contribution in [0.2, 0.25) is 0 Å². The SMILES string of the molecule is CCN(CC)C(=O)C(F)(F)Oc1cc(F)c(N)cc1N. The van der Waals surface area contributed by atoms with E-state index in [0.717, 1.165) is 11.0 Å². The Kier molecular flexibility index (Phi) is 4.69. The number of carbonyl (C=O) groups is 1. The number of nitrogens with two attached hydrogens (primary N) is 2. The molecule has 8 heteroatoms. The van der Waals surface area contributed by atoms with E-state index in [9.17, 15) is 18.0 Å². The number of rotatable bonds is 5. The van der Waals surface area contributed by atoms with Gasteiger partial charge in [0.15, 0.2) is 5.75 Å². The number of carbonyl (C=O) groups excluding carboxylic acids is 1. The largest absolute Gasteiger partial charge is 0.482 e. The second kappa shape index (κ2) is 5.89. The predicted molar refractivity (Wildman–Crippen MR) is 68.7 cm³/mol. The van der Waals surface area contributed by atoms with Gasteiger partial charge in [0.05, 0.1) is 11.4 Å². The molecule has 0 aliphatic rings. The van der Waals surface area contributed by atoms with Crippen molar-refractivity contribution in [3.63, 3.8) is 0 Å². The van der Waals surface area contributed by atoms with Crippen molar-refractivity contribution < 1.29 is 22.7 Å². The first-order chi connectivity index (χ1) is 9.22. The van der Waals surface area contributed by atoms with Gasteiger partial charge in [0.25, 0.3) is 0 Å². The van der Waals surface area contributed by atoms with Crippen molar-refractivity contribution in [3.05, 3.63) is 17.9 Å². The lowest BCUT2D eigenvalue weighted by atomic mass is 10.2. The number of hydrogen-bond donors (Lipinski definition) is 2. The summed E-state index contributed by atoms with van der Waals surface area (Å²) >= 11 is 0. The molecule has 0 saturated carbocycles. The molecule has 0 fully saturated rings. The van der Waals surface area contributed by atoms with Gasteiger partial charge in [-0.1, -0.05) is 0 Å². The zero-order chi connectivity index (χ0) is 15.5. The average Bonchev–Trinajstić information content (AvgIpc) is 2.37. The van der Waals surface area contributed by atoms with Crippen molar-refractivity contribution in [1.82, 2.24) is 4.90 Å². The summed E-state index contributed by atoms with van der Waals surface area (Å²) in [7, 11) is 0. The predicted octanol–water partition coefficient (Wildman–Crippen LogP) is 1.83. The number of nitrogen functional groups attached to an aromatic ring is 2. The molecule has 0 spiro atoms. The number of nitrogens with zero attached hydrogens (tertiary/aromatic N) is 1. The number of hydrogen-bond acceptors (Lipinski definition) is 4. The van der Waals surface area contributed by atoms with E-state index in [2.05, 4.69) is 4.74 Å². The Labute approximate surface area is 114 Å². The highest BCUT2D eigenvalue weighted by atomic mass is 19.3. The Hall–Kier alpha value is -2.12. The van der Waals surface area contributed by atoms with Gasteiger partial charge in [-0.2, -0.15) is 8.78 Å². The Bertz CT molecular complexity index is 505. The van der Waals surface area contributed by atoms with Crippen LogP contribution in [-0.2, 0) is 4.79 Å². The Morgan fingerprint density at radius 1 is 1.25 bits per heavy atom. The molecule has 0 radical (unpaired) electrons. The normalized spacial score (nSPS) is 11.2. The number of likely N-dealkylation sites (N-methyl/N-ethyl adjacent to an activating group) is 1. The van der Waals surface area contributed by atoms with E-state index in [1.165, 1.54) is 0 Å². The highest BCUT2D eigenvalue weighted by Crippen LogP contribution is 2.31. The van der Waals surface area contributed by atoms with Crippen LogP contribution < -0.4 is 16.2 Å². The molecule has 0 aliphatic heterocycles. The molecule has 1 aromatic carbocycles. The van der Waals surface area contributed by atoms with E-state index in [4.69, 9.17) is 11.5 Å². The Balaban J connectivity index is 3.01. The number of ether oxygens (including phenoxy) is 1. The van der Waals surface area contributed by atoms with Crippen molar-refractivity contribution in [1.29, 1.82) is 0 Å². The molecule has 112 valence electrons. The lowest BCUT2D eigenvalue weighted by molar-refractivity contribution is -0.203. The first kappa shape index (κ1) is 15.9. The monoisotopic (exact) mass is 291 g/mol. The summed E-state index contributed by atoms with van der Waals surface area (Å²) in [5.41, 5.74) is 10.1. The van der Waals surface area contributed by atoms with Crippen molar-refractivity contribution >= 4 is 17.3 Å². The molecule has 0 atom stereocenters. The van der Waals surface area contributed by atoms with Crippen molar-refractivity contribution in [3.8, 4) is 5.75 Å². The summed E-state index contributed by atoms with van der Waals surface area (Å²) in [4.78, 5) is 12.5. The molecule has 4 N–H and O–H groups in total. The van der Waals surface area contributed by atoms with Gasteiger partial charge >= 0.3 is 12.0 Å². The Morgan fingerprint density at radius 2 is 1.80 bits per heavy atom. The number of halogens is 3. The van der Waals surface area contributed by atoms with Crippen LogP contribution in [0.5, 0.6) is 5.75 Å². The third kappa shape index (κ3) is 3.25. The second-order valence-corrected chi connectivity index (χ2v) is 4.01. The van der Waals surface area contributed by atoms with Gasteiger partial charge in [-0.05, 0) is 19.9 Å². The summed E-state index contributed by atoms with van der Waals surface area (Å²) in [6, 6.07) is 1.57. The van der Waals surface area contributed by atoms with E-state index >= 15 is 0 Å². The van der Waals surface area contributed by atoms with E-state index in [-0.39, 0.29) is 24.5 Å². The minimum absolute atomic E-state index is 0.0971. The fourth-order valence-corrected chi connectivity index (χ4v) is 1.55. The number of anilines is 2. The zero-order valence-corrected chi connectivity index (χ0v) is 11.1. The third-order valence-electron chi connectivity index (χ3n) is 2.67. The summed E-state index contributed by atoms with van der Waals surface area (Å²) in [6.07, 6.45) is -4.14. The minimum atomic E-state index is -4.14. The van der Waals surface area contributed by atoms with Crippen molar-refractivity contribution in [2.75, 3.05) is 24.6 Å². The van der Waals surface area contributed by atoms with Gasteiger partial charge in [0, 0.05) is 19.2 Å². The van der Waals surface area contributed by atoms with Crippen LogP contribution in [0.15, 0.2) is 12.1 Å². The van der Waals surface area contributed by atoms with Gasteiger partial charge in [-0.25, -0.2) is 4.39 Å². The molecule has 0 unspecified atom stereocenters. The van der Waals surface area contributed by atoms with E-state index in [1.54, 1.807) is 13.8 Å². The number of benzene rings is 1. The summed E-state index contributed by atoms with van der Waals surface area (Å²) in [6.45, 7) is 3.29. The zero-order valence-electron chi connectivity index (χ0n) is 11.1. The fourth-order valence-electron chi connectivity index (χ4n) is 1.55. The molecule has 0 bridgehead atoms. The maximum atomic E-state index is 13.7. The molecule has 0 saturated heterocycles. The van der Waals surface area contributed by atoms with Crippen LogP contribution in [0, 0.1) is 5.82 Å². The summed E-state index contributed by atoms with van der Waals surface area (Å²) in [5.74, 6) is -3.11. The van der Waals surface area contributed by atoms with Gasteiger partial charge in [0.1, 0.15) is 5.82 Å². The van der Waals surface area contributed by atoms with Gasteiger partial charge in [-0.3, -0.25) is 4.79 Å². The van der Waals surface area contributed by atoms with Crippen LogP contribution in [0.4, 0.5) is 24.5 Å². The quantitative estimate of drug-likeness (QED) is 0.811. The Morgan fingerprint density at radius 3 is 2.30 bits per heavy atom. The second-order valence-electron chi connectivity index (χ2n) is 4.01. The summed E-state index contributed by atoms with van der Waals surface area (Å²) in [5, 5.41) is 0. The smallest absolute Gasteiger partial charge is 0.423 e. The molecule has 1 aromatic rings. The molecule has 20 heavy (non-hydrogen) atoms.